The van der Waals surface area contributed by atoms with Gasteiger partial charge in [0.25, 0.3) is 11.8 Å². The maximum absolute atomic E-state index is 13.6. The highest BCUT2D eigenvalue weighted by molar-refractivity contribution is 6.33. The highest BCUT2D eigenvalue weighted by atomic mass is 35.5. The van der Waals surface area contributed by atoms with E-state index in [1.807, 2.05) is 30.3 Å². The summed E-state index contributed by atoms with van der Waals surface area (Å²) in [5, 5.41) is 8.11. The Morgan fingerprint density at radius 1 is 1.04 bits per heavy atom. The lowest BCUT2D eigenvalue weighted by atomic mass is 10.0. The summed E-state index contributed by atoms with van der Waals surface area (Å²) in [6.07, 6.45) is 1.11. The molecule has 0 spiro atoms. The summed E-state index contributed by atoms with van der Waals surface area (Å²) in [7, 11) is 0. The number of fused-ring (bicyclic) bond motifs is 1. The molecule has 0 saturated heterocycles. The van der Waals surface area contributed by atoms with Crippen molar-refractivity contribution < 1.29 is 14.0 Å². The summed E-state index contributed by atoms with van der Waals surface area (Å²) < 4.78 is 13.6. The van der Waals surface area contributed by atoms with Crippen LogP contribution in [0.2, 0.25) is 5.02 Å². The van der Waals surface area contributed by atoms with E-state index in [2.05, 4.69) is 15.8 Å². The van der Waals surface area contributed by atoms with E-state index in [-0.39, 0.29) is 23.0 Å². The lowest BCUT2D eigenvalue weighted by Crippen LogP contribution is -2.35. The number of hydrazone groups is 1. The molecular formula is C20H15ClFN3O2. The molecule has 136 valence electrons. The molecule has 3 aromatic carbocycles. The van der Waals surface area contributed by atoms with E-state index in [0.29, 0.717) is 5.56 Å². The van der Waals surface area contributed by atoms with E-state index in [4.69, 9.17) is 11.6 Å². The van der Waals surface area contributed by atoms with Crippen LogP contribution in [-0.2, 0) is 4.79 Å². The van der Waals surface area contributed by atoms with Gasteiger partial charge in [0.1, 0.15) is 5.82 Å². The number of benzene rings is 3. The Bertz CT molecular complexity index is 1010. The van der Waals surface area contributed by atoms with Crippen LogP contribution in [0.1, 0.15) is 15.9 Å². The van der Waals surface area contributed by atoms with E-state index in [1.54, 1.807) is 12.1 Å². The normalized spacial score (nSPS) is 10.9. The van der Waals surface area contributed by atoms with Gasteiger partial charge in [-0.2, -0.15) is 5.10 Å². The fourth-order valence-electron chi connectivity index (χ4n) is 2.52. The number of rotatable bonds is 5. The topological polar surface area (TPSA) is 70.6 Å². The first-order valence-electron chi connectivity index (χ1n) is 8.08. The zero-order valence-corrected chi connectivity index (χ0v) is 14.8. The third kappa shape index (κ3) is 4.48. The van der Waals surface area contributed by atoms with Crippen LogP contribution in [0.4, 0.5) is 4.39 Å². The van der Waals surface area contributed by atoms with Gasteiger partial charge in [-0.1, -0.05) is 54.1 Å². The fraction of sp³-hybridized carbons (Fsp3) is 0.0500. The molecule has 0 fully saturated rings. The average Bonchev–Trinajstić information content (AvgIpc) is 2.68. The molecule has 0 heterocycles. The molecule has 0 bridgehead atoms. The van der Waals surface area contributed by atoms with Crippen molar-refractivity contribution in [2.45, 2.75) is 0 Å². The van der Waals surface area contributed by atoms with Gasteiger partial charge in [0.2, 0.25) is 0 Å². The van der Waals surface area contributed by atoms with Crippen LogP contribution in [0.5, 0.6) is 0 Å². The molecule has 7 heteroatoms. The van der Waals surface area contributed by atoms with Gasteiger partial charge >= 0.3 is 0 Å². The predicted molar refractivity (Wildman–Crippen MR) is 103 cm³/mol. The molecule has 0 aromatic heterocycles. The Hall–Kier alpha value is -3.25. The maximum Gasteiger partial charge on any atom is 0.259 e. The first-order chi connectivity index (χ1) is 13.1. The van der Waals surface area contributed by atoms with Gasteiger partial charge in [-0.25, -0.2) is 9.82 Å². The third-order valence-electron chi connectivity index (χ3n) is 3.83. The lowest BCUT2D eigenvalue weighted by Gasteiger charge is -2.07. The summed E-state index contributed by atoms with van der Waals surface area (Å²) in [6.45, 7) is -0.273. The SMILES string of the molecule is O=C(CNC(=O)c1cccc2ccccc12)N/N=C\c1c(F)cccc1Cl. The minimum atomic E-state index is -0.551. The smallest absolute Gasteiger partial charge is 0.259 e. The largest absolute Gasteiger partial charge is 0.343 e. The zero-order valence-electron chi connectivity index (χ0n) is 14.1. The number of amides is 2. The standard InChI is InChI=1S/C20H15ClFN3O2/c21-17-9-4-10-18(22)16(17)11-24-25-19(26)12-23-20(27)15-8-3-6-13-5-1-2-7-14(13)15/h1-11H,12H2,(H,23,27)(H,25,26)/b24-11-. The maximum atomic E-state index is 13.6. The van der Waals surface area contributed by atoms with E-state index in [9.17, 15) is 14.0 Å². The second-order valence-electron chi connectivity index (χ2n) is 5.64. The zero-order chi connectivity index (χ0) is 19.2. The molecule has 5 nitrogen and oxygen atoms in total. The Kier molecular flexibility index (Phi) is 5.78. The minimum Gasteiger partial charge on any atom is -0.343 e. The summed E-state index contributed by atoms with van der Waals surface area (Å²) in [4.78, 5) is 24.2. The lowest BCUT2D eigenvalue weighted by molar-refractivity contribution is -0.120. The molecule has 27 heavy (non-hydrogen) atoms. The summed E-state index contributed by atoms with van der Waals surface area (Å²) in [5.41, 5.74) is 2.76. The molecule has 0 aliphatic carbocycles. The summed E-state index contributed by atoms with van der Waals surface area (Å²) >= 11 is 5.86. The average molecular weight is 384 g/mol. The Labute approximate surface area is 159 Å². The number of carbonyl (C=O) groups excluding carboxylic acids is 2. The molecular weight excluding hydrogens is 369 g/mol. The summed E-state index contributed by atoms with van der Waals surface area (Å²) in [6, 6.07) is 17.1. The van der Waals surface area contributed by atoms with Crippen LogP contribution < -0.4 is 10.7 Å². The van der Waals surface area contributed by atoms with Crippen LogP contribution in [0.3, 0.4) is 0 Å². The van der Waals surface area contributed by atoms with Crippen LogP contribution >= 0.6 is 11.6 Å². The molecule has 3 aromatic rings. The highest BCUT2D eigenvalue weighted by Gasteiger charge is 2.11. The van der Waals surface area contributed by atoms with Crippen LogP contribution in [0, 0.1) is 5.82 Å². The van der Waals surface area contributed by atoms with E-state index in [0.717, 1.165) is 17.0 Å². The number of halogens is 2. The van der Waals surface area contributed by atoms with Crippen molar-refractivity contribution in [1.82, 2.24) is 10.7 Å². The molecule has 0 saturated carbocycles. The van der Waals surface area contributed by atoms with Gasteiger partial charge < -0.3 is 5.32 Å². The Morgan fingerprint density at radius 3 is 2.59 bits per heavy atom. The van der Waals surface area contributed by atoms with Crippen molar-refractivity contribution in [2.75, 3.05) is 6.54 Å². The summed E-state index contributed by atoms with van der Waals surface area (Å²) in [5.74, 6) is -1.47. The van der Waals surface area contributed by atoms with Crippen molar-refractivity contribution in [1.29, 1.82) is 0 Å². The van der Waals surface area contributed by atoms with Crippen LogP contribution in [0.25, 0.3) is 10.8 Å². The second-order valence-corrected chi connectivity index (χ2v) is 6.05. The predicted octanol–water partition coefficient (Wildman–Crippen LogP) is 3.51. The van der Waals surface area contributed by atoms with Gasteiger partial charge in [0.05, 0.1) is 17.8 Å². The van der Waals surface area contributed by atoms with Gasteiger partial charge in [-0.3, -0.25) is 9.59 Å². The molecule has 3 rings (SSSR count). The van der Waals surface area contributed by atoms with Gasteiger partial charge in [-0.15, -0.1) is 0 Å². The molecule has 0 radical (unpaired) electrons. The molecule has 0 aliphatic rings. The quantitative estimate of drug-likeness (QED) is 0.523. The second kappa shape index (κ2) is 8.42. The van der Waals surface area contributed by atoms with Crippen LogP contribution in [-0.4, -0.2) is 24.6 Å². The molecule has 0 unspecified atom stereocenters. The number of nitrogens with zero attached hydrogens (tertiary/aromatic N) is 1. The molecule has 2 amide bonds. The van der Waals surface area contributed by atoms with Crippen molar-refractivity contribution in [3.05, 3.63) is 82.6 Å². The van der Waals surface area contributed by atoms with Gasteiger partial charge in [0.15, 0.2) is 0 Å². The molecule has 0 atom stereocenters. The first-order valence-corrected chi connectivity index (χ1v) is 8.46. The van der Waals surface area contributed by atoms with E-state index in [1.165, 1.54) is 18.2 Å². The van der Waals surface area contributed by atoms with Crippen molar-refractivity contribution in [3.8, 4) is 0 Å². The van der Waals surface area contributed by atoms with E-state index >= 15 is 0 Å². The molecule has 2 N–H and O–H groups in total. The molecule has 0 aliphatic heterocycles. The van der Waals surface area contributed by atoms with Gasteiger partial charge in [-0.05, 0) is 29.0 Å². The third-order valence-corrected chi connectivity index (χ3v) is 4.16. The fourth-order valence-corrected chi connectivity index (χ4v) is 2.73. The van der Waals surface area contributed by atoms with Gasteiger partial charge in [0, 0.05) is 11.1 Å². The number of hydrogen-bond donors (Lipinski definition) is 2. The first kappa shape index (κ1) is 18.5. The van der Waals surface area contributed by atoms with Crippen LogP contribution in [0.15, 0.2) is 65.8 Å². The Balaban J connectivity index is 1.59. The monoisotopic (exact) mass is 383 g/mol. The Morgan fingerprint density at radius 2 is 1.78 bits per heavy atom. The number of hydrogen-bond acceptors (Lipinski definition) is 3. The van der Waals surface area contributed by atoms with Crippen molar-refractivity contribution in [2.24, 2.45) is 5.10 Å². The van der Waals surface area contributed by atoms with E-state index < -0.39 is 11.7 Å². The van der Waals surface area contributed by atoms with Crippen molar-refractivity contribution >= 4 is 40.4 Å². The number of carbonyl (C=O) groups is 2. The number of nitrogens with one attached hydrogen (secondary N) is 2. The van der Waals surface area contributed by atoms with Crippen molar-refractivity contribution in [3.63, 3.8) is 0 Å². The highest BCUT2D eigenvalue weighted by Crippen LogP contribution is 2.18. The minimum absolute atomic E-state index is 0.0688.